The molecule has 3 rings (SSSR count). The van der Waals surface area contributed by atoms with Gasteiger partial charge < -0.3 is 0 Å². The number of rotatable bonds is 1. The van der Waals surface area contributed by atoms with Crippen molar-refractivity contribution in [1.82, 2.24) is 13.9 Å². The lowest BCUT2D eigenvalue weighted by molar-refractivity contribution is 0.522. The number of imidazole rings is 1. The second-order valence-electron chi connectivity index (χ2n) is 4.93. The fourth-order valence-corrected chi connectivity index (χ4v) is 4.46. The highest BCUT2D eigenvalue weighted by Gasteiger charge is 2.29. The van der Waals surface area contributed by atoms with Crippen LogP contribution in [0.25, 0.3) is 11.0 Å². The van der Waals surface area contributed by atoms with Gasteiger partial charge in [-0.3, -0.25) is 9.13 Å². The van der Waals surface area contributed by atoms with Gasteiger partial charge in [0.05, 0.1) is 11.0 Å². The molecule has 1 N–H and O–H groups in total. The van der Waals surface area contributed by atoms with Crippen LogP contribution in [0.5, 0.6) is 0 Å². The molecular formula is C12H14ClN3O3S. The molecule has 0 amide bonds. The van der Waals surface area contributed by atoms with Crippen molar-refractivity contribution in [3.63, 3.8) is 0 Å². The summed E-state index contributed by atoms with van der Waals surface area (Å²) in [5.41, 5.74) is 0.773. The third-order valence-electron chi connectivity index (χ3n) is 3.46. The first-order valence-electron chi connectivity index (χ1n) is 6.30. The fourth-order valence-electron chi connectivity index (χ4n) is 2.70. The van der Waals surface area contributed by atoms with Gasteiger partial charge in [0.1, 0.15) is 4.90 Å². The Morgan fingerprint density at radius 3 is 2.80 bits per heavy atom. The van der Waals surface area contributed by atoms with E-state index in [4.69, 9.17) is 11.6 Å². The average Bonchev–Trinajstić information content (AvgIpc) is 2.53. The van der Waals surface area contributed by atoms with Crippen LogP contribution < -0.4 is 10.4 Å². The zero-order valence-electron chi connectivity index (χ0n) is 11.1. The highest BCUT2D eigenvalue weighted by Crippen LogP contribution is 2.29. The monoisotopic (exact) mass is 315 g/mol. The van der Waals surface area contributed by atoms with Gasteiger partial charge in [0.2, 0.25) is 10.0 Å². The second kappa shape index (κ2) is 4.34. The minimum atomic E-state index is -3.68. The summed E-state index contributed by atoms with van der Waals surface area (Å²) in [5, 5.41) is 0.298. The molecule has 6 nitrogen and oxygen atoms in total. The van der Waals surface area contributed by atoms with Crippen LogP contribution >= 0.6 is 11.6 Å². The summed E-state index contributed by atoms with van der Waals surface area (Å²) in [5.74, 6) is 0. The van der Waals surface area contributed by atoms with Crippen LogP contribution in [-0.4, -0.2) is 23.6 Å². The van der Waals surface area contributed by atoms with Crippen molar-refractivity contribution < 1.29 is 8.42 Å². The Hall–Kier alpha value is -1.31. The topological polar surface area (TPSA) is 73.1 Å². The molecule has 0 bridgehead atoms. The Morgan fingerprint density at radius 1 is 1.45 bits per heavy atom. The van der Waals surface area contributed by atoms with Gasteiger partial charge in [-0.05, 0) is 26.0 Å². The van der Waals surface area contributed by atoms with E-state index in [1.54, 1.807) is 13.0 Å². The summed E-state index contributed by atoms with van der Waals surface area (Å²) in [6.45, 7) is 4.33. The van der Waals surface area contributed by atoms with Crippen LogP contribution in [0.4, 0.5) is 0 Å². The molecule has 0 saturated carbocycles. The van der Waals surface area contributed by atoms with Crippen LogP contribution in [0.3, 0.4) is 0 Å². The van der Waals surface area contributed by atoms with Crippen LogP contribution in [0.1, 0.15) is 13.8 Å². The van der Waals surface area contributed by atoms with E-state index < -0.39 is 10.0 Å². The number of sulfonamides is 1. The van der Waals surface area contributed by atoms with Crippen molar-refractivity contribution >= 4 is 32.7 Å². The van der Waals surface area contributed by atoms with E-state index in [0.717, 1.165) is 0 Å². The zero-order chi connectivity index (χ0) is 14.7. The van der Waals surface area contributed by atoms with Gasteiger partial charge in [-0.1, -0.05) is 11.6 Å². The summed E-state index contributed by atoms with van der Waals surface area (Å²) in [6.07, 6.45) is 0. The van der Waals surface area contributed by atoms with Gasteiger partial charge in [-0.25, -0.2) is 17.9 Å². The molecule has 2 heterocycles. The highest BCUT2D eigenvalue weighted by atomic mass is 35.5. The molecule has 0 spiro atoms. The summed E-state index contributed by atoms with van der Waals surface area (Å²) in [7, 11) is -3.68. The predicted molar refractivity (Wildman–Crippen MR) is 76.7 cm³/mol. The van der Waals surface area contributed by atoms with Crippen molar-refractivity contribution in [2.75, 3.05) is 0 Å². The quantitative estimate of drug-likeness (QED) is 0.858. The summed E-state index contributed by atoms with van der Waals surface area (Å²) in [4.78, 5) is 12.5. The first kappa shape index (κ1) is 13.7. The van der Waals surface area contributed by atoms with E-state index in [0.29, 0.717) is 29.1 Å². The molecule has 1 unspecified atom stereocenters. The molecule has 20 heavy (non-hydrogen) atoms. The van der Waals surface area contributed by atoms with Crippen LogP contribution in [0.2, 0.25) is 5.02 Å². The Morgan fingerprint density at radius 2 is 2.15 bits per heavy atom. The number of aryl methyl sites for hydroxylation is 1. The summed E-state index contributed by atoms with van der Waals surface area (Å²) >= 11 is 6.02. The lowest BCUT2D eigenvalue weighted by atomic mass is 10.3. The normalized spacial score (nSPS) is 21.1. The summed E-state index contributed by atoms with van der Waals surface area (Å²) in [6, 6.07) is 2.66. The predicted octanol–water partition coefficient (Wildman–Crippen LogP) is 1.16. The molecule has 2 aromatic rings. The molecule has 8 heteroatoms. The molecule has 0 fully saturated rings. The average molecular weight is 316 g/mol. The van der Waals surface area contributed by atoms with Gasteiger partial charge in [0, 0.05) is 24.2 Å². The molecule has 108 valence electrons. The summed E-state index contributed by atoms with van der Waals surface area (Å²) < 4.78 is 30.3. The third kappa shape index (κ3) is 1.81. The number of nitrogens with one attached hydrogen (secondary N) is 1. The molecule has 0 saturated heterocycles. The van der Waals surface area contributed by atoms with E-state index in [1.165, 1.54) is 15.2 Å². The molecule has 0 radical (unpaired) electrons. The van der Waals surface area contributed by atoms with E-state index in [9.17, 15) is 13.2 Å². The first-order chi connectivity index (χ1) is 9.35. The maximum atomic E-state index is 12.4. The molecule has 1 aromatic carbocycles. The number of hydrogen-bond acceptors (Lipinski definition) is 3. The van der Waals surface area contributed by atoms with Crippen molar-refractivity contribution in [1.29, 1.82) is 0 Å². The van der Waals surface area contributed by atoms with Gasteiger partial charge in [-0.15, -0.1) is 0 Å². The third-order valence-corrected chi connectivity index (χ3v) is 5.28. The van der Waals surface area contributed by atoms with Crippen molar-refractivity contribution in [3.05, 3.63) is 27.6 Å². The molecule has 1 atom stereocenters. The van der Waals surface area contributed by atoms with Gasteiger partial charge >= 0.3 is 5.69 Å². The van der Waals surface area contributed by atoms with Gasteiger partial charge in [0.25, 0.3) is 0 Å². The molecule has 1 aliphatic heterocycles. The molecule has 1 aliphatic rings. The van der Waals surface area contributed by atoms with Crippen LogP contribution in [0.15, 0.2) is 21.8 Å². The second-order valence-corrected chi connectivity index (χ2v) is 7.05. The lowest BCUT2D eigenvalue weighted by Gasteiger charge is -2.10. The minimum absolute atomic E-state index is 0.0636. The van der Waals surface area contributed by atoms with Crippen molar-refractivity contribution in [2.24, 2.45) is 0 Å². The number of aromatic nitrogens is 2. The van der Waals surface area contributed by atoms with E-state index in [1.807, 2.05) is 6.92 Å². The number of hydrogen-bond donors (Lipinski definition) is 1. The minimum Gasteiger partial charge on any atom is -0.292 e. The number of benzene rings is 1. The van der Waals surface area contributed by atoms with Crippen LogP contribution in [0, 0.1) is 0 Å². The van der Waals surface area contributed by atoms with Crippen molar-refractivity contribution in [2.45, 2.75) is 37.9 Å². The van der Waals surface area contributed by atoms with E-state index in [-0.39, 0.29) is 16.6 Å². The van der Waals surface area contributed by atoms with Gasteiger partial charge in [-0.2, -0.15) is 0 Å². The maximum absolute atomic E-state index is 12.4. The highest BCUT2D eigenvalue weighted by molar-refractivity contribution is 7.89. The molecule has 0 aliphatic carbocycles. The largest absolute Gasteiger partial charge is 0.329 e. The standard InChI is InChI=1S/C12H14ClN3O3S/c1-3-15-9-4-8(13)5-10-11(9)16(12(15)17)6-7(2)14-20(10,18)19/h4-5,7,14H,3,6H2,1-2H3. The Labute approximate surface area is 121 Å². The number of nitrogens with zero attached hydrogens (tertiary/aromatic N) is 2. The molecule has 1 aromatic heterocycles. The maximum Gasteiger partial charge on any atom is 0.329 e. The lowest BCUT2D eigenvalue weighted by Crippen LogP contribution is -2.36. The first-order valence-corrected chi connectivity index (χ1v) is 8.16. The van der Waals surface area contributed by atoms with Gasteiger partial charge in [0.15, 0.2) is 0 Å². The van der Waals surface area contributed by atoms with E-state index in [2.05, 4.69) is 4.72 Å². The SMILES string of the molecule is CCn1c(=O)n2c3c(cc(Cl)cc31)S(=O)(=O)NC(C)C2. The Balaban J connectivity index is 2.58. The zero-order valence-corrected chi connectivity index (χ0v) is 12.6. The molecular weight excluding hydrogens is 302 g/mol. The fraction of sp³-hybridized carbons (Fsp3) is 0.417. The Kier molecular flexibility index (Phi) is 2.97. The van der Waals surface area contributed by atoms with Crippen molar-refractivity contribution in [3.8, 4) is 0 Å². The number of halogens is 1. The van der Waals surface area contributed by atoms with Crippen LogP contribution in [-0.2, 0) is 23.1 Å². The smallest absolute Gasteiger partial charge is 0.292 e. The Bertz CT molecular complexity index is 866. The van der Waals surface area contributed by atoms with E-state index >= 15 is 0 Å².